The quantitative estimate of drug-likeness (QED) is 0.362. The molecular weight excluding hydrogens is 127 g/mol. The first-order valence-corrected chi connectivity index (χ1v) is 0.928. The predicted octanol–water partition coefficient (Wildman–Crippen LogP) is -2.76. The van der Waals surface area contributed by atoms with Crippen LogP contribution in [0.3, 0.4) is 0 Å². The van der Waals surface area contributed by atoms with Gasteiger partial charge in [0, 0.05) is 36.5 Å². The summed E-state index contributed by atoms with van der Waals surface area (Å²) in [6.07, 6.45) is 0. The van der Waals surface area contributed by atoms with Crippen molar-refractivity contribution in [3.63, 3.8) is 0 Å². The number of rotatable bonds is 0. The van der Waals surface area contributed by atoms with Crippen LogP contribution in [-0.2, 0) is 4.79 Å². The van der Waals surface area contributed by atoms with Gasteiger partial charge in [0.05, 0.1) is 0 Å². The van der Waals surface area contributed by atoms with Crippen molar-refractivity contribution in [2.24, 2.45) is 0 Å². The normalized spacial score (nSPS) is 3.12. The van der Waals surface area contributed by atoms with Crippen molar-refractivity contribution in [2.75, 3.05) is 0 Å². The molecule has 0 atom stereocenters. The van der Waals surface area contributed by atoms with E-state index in [1.54, 1.807) is 0 Å². The van der Waals surface area contributed by atoms with Crippen LogP contribution in [0.2, 0.25) is 0 Å². The second-order valence-corrected chi connectivity index (χ2v) is 0.519. The Morgan fingerprint density at radius 1 is 1.25 bits per heavy atom. The summed E-state index contributed by atoms with van der Waals surface area (Å²) in [6, 6.07) is 0. The molecule has 0 aromatic rings. The van der Waals surface area contributed by atoms with Crippen LogP contribution in [0.5, 0.6) is 0 Å². The first kappa shape index (κ1) is 40.2. The molecule has 0 heterocycles. The van der Waals surface area contributed by atoms with Gasteiger partial charge in [-0.05, 0) is 0 Å². The minimum atomic E-state index is -0.833. The summed E-state index contributed by atoms with van der Waals surface area (Å²) >= 11 is 0. The van der Waals surface area contributed by atoms with Crippen LogP contribution in [0, 0.1) is 0 Å². The SMILES string of the molecule is CC(=O)O.O.O.O.[Na]. The van der Waals surface area contributed by atoms with Gasteiger partial charge in [-0.1, -0.05) is 0 Å². The summed E-state index contributed by atoms with van der Waals surface area (Å²) in [6.45, 7) is 1.08. The number of carbonyl (C=O) groups is 1. The van der Waals surface area contributed by atoms with E-state index in [1.165, 1.54) is 0 Å². The average molecular weight is 137 g/mol. The van der Waals surface area contributed by atoms with E-state index in [0.717, 1.165) is 6.92 Å². The van der Waals surface area contributed by atoms with Gasteiger partial charge in [0.25, 0.3) is 5.97 Å². The molecule has 0 aromatic heterocycles. The average Bonchev–Trinajstić information content (AvgIpc) is 0.811. The summed E-state index contributed by atoms with van der Waals surface area (Å²) < 4.78 is 0. The number of carboxylic acids is 1. The Morgan fingerprint density at radius 3 is 1.25 bits per heavy atom. The molecule has 0 bridgehead atoms. The molecule has 5 nitrogen and oxygen atoms in total. The molecule has 49 valence electrons. The fourth-order valence-corrected chi connectivity index (χ4v) is 0. The van der Waals surface area contributed by atoms with Gasteiger partial charge in [-0.15, -0.1) is 0 Å². The van der Waals surface area contributed by atoms with E-state index in [1.807, 2.05) is 0 Å². The monoisotopic (exact) mass is 137 g/mol. The Balaban J connectivity index is -0.00000000750. The van der Waals surface area contributed by atoms with Crippen molar-refractivity contribution in [3.8, 4) is 0 Å². The molecule has 0 aliphatic carbocycles. The van der Waals surface area contributed by atoms with Gasteiger partial charge in [-0.2, -0.15) is 0 Å². The summed E-state index contributed by atoms with van der Waals surface area (Å²) in [4.78, 5) is 9.00. The van der Waals surface area contributed by atoms with Gasteiger partial charge in [-0.25, -0.2) is 0 Å². The maximum Gasteiger partial charge on any atom is 0.300 e. The molecular formula is C2H10NaO5. The van der Waals surface area contributed by atoms with E-state index in [0.29, 0.717) is 0 Å². The number of aliphatic carboxylic acids is 1. The molecule has 0 saturated heterocycles. The topological polar surface area (TPSA) is 132 Å². The largest absolute Gasteiger partial charge is 0.481 e. The van der Waals surface area contributed by atoms with E-state index in [-0.39, 0.29) is 46.0 Å². The second kappa shape index (κ2) is 26.4. The molecule has 0 unspecified atom stereocenters. The van der Waals surface area contributed by atoms with Crippen LogP contribution in [0.1, 0.15) is 6.92 Å². The van der Waals surface area contributed by atoms with E-state index in [2.05, 4.69) is 0 Å². The van der Waals surface area contributed by atoms with Crippen molar-refractivity contribution in [1.29, 1.82) is 0 Å². The minimum Gasteiger partial charge on any atom is -0.481 e. The molecule has 0 saturated carbocycles. The van der Waals surface area contributed by atoms with Crippen molar-refractivity contribution in [2.45, 2.75) is 6.92 Å². The maximum atomic E-state index is 9.00. The molecule has 8 heavy (non-hydrogen) atoms. The Kier molecular flexibility index (Phi) is 133. The van der Waals surface area contributed by atoms with Crippen LogP contribution >= 0.6 is 0 Å². The van der Waals surface area contributed by atoms with Crippen LogP contribution < -0.4 is 0 Å². The zero-order valence-corrected chi connectivity index (χ0v) is 6.86. The second-order valence-electron chi connectivity index (χ2n) is 0.519. The molecule has 0 aliphatic heterocycles. The summed E-state index contributed by atoms with van der Waals surface area (Å²) in [5, 5.41) is 7.42. The first-order chi connectivity index (χ1) is 1.73. The molecule has 1 radical (unpaired) electrons. The van der Waals surface area contributed by atoms with Crippen molar-refractivity contribution in [1.82, 2.24) is 0 Å². The molecule has 0 spiro atoms. The number of hydrogen-bond acceptors (Lipinski definition) is 1. The maximum absolute atomic E-state index is 9.00. The number of hydrogen-bond donors (Lipinski definition) is 1. The Hall–Kier alpha value is 0.350. The van der Waals surface area contributed by atoms with Gasteiger partial charge in [0.1, 0.15) is 0 Å². The first-order valence-electron chi connectivity index (χ1n) is 0.928. The molecule has 0 aromatic carbocycles. The van der Waals surface area contributed by atoms with Crippen LogP contribution in [0.25, 0.3) is 0 Å². The third kappa shape index (κ3) is 1480. The van der Waals surface area contributed by atoms with Crippen LogP contribution in [0.15, 0.2) is 0 Å². The van der Waals surface area contributed by atoms with E-state index in [9.17, 15) is 0 Å². The zero-order chi connectivity index (χ0) is 3.58. The standard InChI is InChI=1S/C2H4O2.Na.3H2O/c1-2(3)4;;;;/h1H3,(H,3,4);;3*1H2. The van der Waals surface area contributed by atoms with Gasteiger partial charge < -0.3 is 21.5 Å². The van der Waals surface area contributed by atoms with Crippen molar-refractivity contribution >= 4 is 35.5 Å². The van der Waals surface area contributed by atoms with E-state index < -0.39 is 5.97 Å². The molecule has 7 N–H and O–H groups in total. The molecule has 0 aliphatic rings. The fraction of sp³-hybridized carbons (Fsp3) is 0.500. The summed E-state index contributed by atoms with van der Waals surface area (Å²) in [5.74, 6) is -0.833. The molecule has 0 rings (SSSR count). The van der Waals surface area contributed by atoms with Gasteiger partial charge in [-0.3, -0.25) is 4.79 Å². The van der Waals surface area contributed by atoms with Crippen molar-refractivity contribution < 1.29 is 26.3 Å². The third-order valence-corrected chi connectivity index (χ3v) is 0. The molecule has 0 fully saturated rings. The van der Waals surface area contributed by atoms with Crippen LogP contribution in [0.4, 0.5) is 0 Å². The summed E-state index contributed by atoms with van der Waals surface area (Å²) in [5.41, 5.74) is 0. The van der Waals surface area contributed by atoms with Gasteiger partial charge in [0.15, 0.2) is 0 Å². The fourth-order valence-electron chi connectivity index (χ4n) is 0. The van der Waals surface area contributed by atoms with Gasteiger partial charge >= 0.3 is 0 Å². The van der Waals surface area contributed by atoms with E-state index >= 15 is 0 Å². The van der Waals surface area contributed by atoms with E-state index in [4.69, 9.17) is 9.90 Å². The smallest absolute Gasteiger partial charge is 0.300 e. The zero-order valence-electron chi connectivity index (χ0n) is 4.86. The minimum absolute atomic E-state index is 0. The molecule has 0 amide bonds. The third-order valence-electron chi connectivity index (χ3n) is 0. The Bertz CT molecular complexity index is 33.4. The van der Waals surface area contributed by atoms with Gasteiger partial charge in [0.2, 0.25) is 0 Å². The molecule has 6 heteroatoms. The Morgan fingerprint density at radius 2 is 1.25 bits per heavy atom. The van der Waals surface area contributed by atoms with Crippen molar-refractivity contribution in [3.05, 3.63) is 0 Å². The Labute approximate surface area is 68.9 Å². The predicted molar refractivity (Wildman–Crippen MR) is 29.9 cm³/mol. The van der Waals surface area contributed by atoms with Crippen LogP contribution in [-0.4, -0.2) is 57.1 Å². The number of carboxylic acid groups (broad SMARTS) is 1. The summed E-state index contributed by atoms with van der Waals surface area (Å²) in [7, 11) is 0.